The zero-order valence-electron chi connectivity index (χ0n) is 9.64. The van der Waals surface area contributed by atoms with Crippen molar-refractivity contribution in [2.75, 3.05) is 11.1 Å². The number of hydrogen-bond acceptors (Lipinski definition) is 7. The van der Waals surface area contributed by atoms with Crippen LogP contribution in [0.15, 0.2) is 16.8 Å². The van der Waals surface area contributed by atoms with Crippen molar-refractivity contribution in [2.45, 2.75) is 13.5 Å². The van der Waals surface area contributed by atoms with Gasteiger partial charge in [0.05, 0.1) is 18.1 Å². The Labute approximate surface area is 102 Å². The number of hydrogen-bond donors (Lipinski definition) is 3. The molecular formula is C10H11N7O. The molecule has 0 aromatic carbocycles. The van der Waals surface area contributed by atoms with Crippen LogP contribution in [0.2, 0.25) is 0 Å². The van der Waals surface area contributed by atoms with Crippen LogP contribution in [0.4, 0.5) is 11.8 Å². The van der Waals surface area contributed by atoms with Crippen molar-refractivity contribution in [3.05, 3.63) is 23.7 Å². The summed E-state index contributed by atoms with van der Waals surface area (Å²) in [5.74, 6) is 1.57. The van der Waals surface area contributed by atoms with E-state index in [1.807, 2.05) is 13.0 Å². The van der Waals surface area contributed by atoms with Crippen LogP contribution in [0, 0.1) is 6.92 Å². The topological polar surface area (TPSA) is 119 Å². The minimum Gasteiger partial charge on any atom is -0.368 e. The van der Waals surface area contributed by atoms with E-state index in [9.17, 15) is 0 Å². The number of aryl methyl sites for hydroxylation is 1. The van der Waals surface area contributed by atoms with Crippen LogP contribution in [0.1, 0.15) is 11.5 Å². The van der Waals surface area contributed by atoms with Gasteiger partial charge in [0, 0.05) is 6.07 Å². The summed E-state index contributed by atoms with van der Waals surface area (Å²) in [6, 6.07) is 1.85. The van der Waals surface area contributed by atoms with Crippen molar-refractivity contribution in [2.24, 2.45) is 0 Å². The van der Waals surface area contributed by atoms with Crippen molar-refractivity contribution < 1.29 is 4.52 Å². The van der Waals surface area contributed by atoms with Crippen molar-refractivity contribution in [1.82, 2.24) is 25.3 Å². The minimum atomic E-state index is 0.186. The van der Waals surface area contributed by atoms with Crippen LogP contribution < -0.4 is 11.1 Å². The molecule has 0 aliphatic heterocycles. The molecule has 8 heteroatoms. The molecule has 0 fully saturated rings. The highest BCUT2D eigenvalue weighted by molar-refractivity contribution is 5.86. The summed E-state index contributed by atoms with van der Waals surface area (Å²) in [7, 11) is 0. The van der Waals surface area contributed by atoms with E-state index in [0.29, 0.717) is 18.0 Å². The molecule has 0 unspecified atom stereocenters. The maximum Gasteiger partial charge on any atom is 0.224 e. The molecule has 0 aliphatic carbocycles. The number of H-pyrrole nitrogens is 1. The first kappa shape index (κ1) is 10.5. The van der Waals surface area contributed by atoms with Gasteiger partial charge < -0.3 is 15.6 Å². The number of nitrogens with two attached hydrogens (primary N) is 1. The first-order valence-corrected chi connectivity index (χ1v) is 5.35. The third-order valence-corrected chi connectivity index (χ3v) is 2.44. The number of fused-ring (bicyclic) bond motifs is 1. The first-order chi connectivity index (χ1) is 8.72. The smallest absolute Gasteiger partial charge is 0.224 e. The lowest BCUT2D eigenvalue weighted by Crippen LogP contribution is -2.05. The second-order valence-electron chi connectivity index (χ2n) is 3.85. The molecule has 0 bridgehead atoms. The molecule has 8 nitrogen and oxygen atoms in total. The summed E-state index contributed by atoms with van der Waals surface area (Å²) < 4.78 is 4.98. The molecule has 3 rings (SSSR count). The van der Waals surface area contributed by atoms with Gasteiger partial charge in [-0.25, -0.2) is 0 Å². The first-order valence-electron chi connectivity index (χ1n) is 5.35. The van der Waals surface area contributed by atoms with Gasteiger partial charge in [0.1, 0.15) is 17.3 Å². The molecule has 3 aromatic heterocycles. The summed E-state index contributed by atoms with van der Waals surface area (Å²) in [6.07, 6.45) is 1.64. The van der Waals surface area contributed by atoms with Gasteiger partial charge in [0.15, 0.2) is 5.65 Å². The van der Waals surface area contributed by atoms with Gasteiger partial charge in [0.2, 0.25) is 5.95 Å². The van der Waals surface area contributed by atoms with Crippen LogP contribution >= 0.6 is 0 Å². The lowest BCUT2D eigenvalue weighted by Gasteiger charge is -2.04. The third kappa shape index (κ3) is 1.83. The Balaban J connectivity index is 1.87. The lowest BCUT2D eigenvalue weighted by atomic mass is 10.3. The van der Waals surface area contributed by atoms with E-state index in [1.165, 1.54) is 0 Å². The molecule has 0 amide bonds. The number of nitrogens with one attached hydrogen (secondary N) is 2. The summed E-state index contributed by atoms with van der Waals surface area (Å²) in [4.78, 5) is 8.16. The van der Waals surface area contributed by atoms with E-state index < -0.39 is 0 Å². The molecule has 3 aromatic rings. The van der Waals surface area contributed by atoms with Crippen molar-refractivity contribution >= 4 is 22.8 Å². The number of aromatic nitrogens is 5. The van der Waals surface area contributed by atoms with Gasteiger partial charge in [-0.2, -0.15) is 15.1 Å². The highest BCUT2D eigenvalue weighted by Gasteiger charge is 2.08. The molecule has 0 saturated heterocycles. The molecule has 0 atom stereocenters. The second kappa shape index (κ2) is 3.99. The van der Waals surface area contributed by atoms with Crippen LogP contribution in [0.3, 0.4) is 0 Å². The Morgan fingerprint density at radius 1 is 1.44 bits per heavy atom. The number of anilines is 2. The van der Waals surface area contributed by atoms with Crippen LogP contribution in [-0.4, -0.2) is 25.3 Å². The highest BCUT2D eigenvalue weighted by Crippen LogP contribution is 2.19. The standard InChI is InChI=1S/C10H11N7O/c1-5-2-6(17-18-5)3-12-8-7-4-13-16-9(7)15-10(11)14-8/h2,4H,3H2,1H3,(H4,11,12,13,14,15,16). The number of nitrogen functional groups attached to an aromatic ring is 1. The second-order valence-corrected chi connectivity index (χ2v) is 3.85. The average molecular weight is 245 g/mol. The number of nitrogens with zero attached hydrogens (tertiary/aromatic N) is 4. The molecule has 0 saturated carbocycles. The van der Waals surface area contributed by atoms with Gasteiger partial charge in [-0.15, -0.1) is 0 Å². The van der Waals surface area contributed by atoms with Gasteiger partial charge in [-0.05, 0) is 6.92 Å². The van der Waals surface area contributed by atoms with E-state index in [-0.39, 0.29) is 5.95 Å². The monoisotopic (exact) mass is 245 g/mol. The summed E-state index contributed by atoms with van der Waals surface area (Å²) >= 11 is 0. The highest BCUT2D eigenvalue weighted by atomic mass is 16.5. The molecule has 0 spiro atoms. The van der Waals surface area contributed by atoms with Crippen LogP contribution in [-0.2, 0) is 6.54 Å². The van der Waals surface area contributed by atoms with Crippen molar-refractivity contribution in [3.63, 3.8) is 0 Å². The summed E-state index contributed by atoms with van der Waals surface area (Å²) in [5.41, 5.74) is 7.00. The quantitative estimate of drug-likeness (QED) is 0.625. The predicted molar refractivity (Wildman–Crippen MR) is 64.7 cm³/mol. The molecule has 92 valence electrons. The van der Waals surface area contributed by atoms with Crippen LogP contribution in [0.25, 0.3) is 11.0 Å². The predicted octanol–water partition coefficient (Wildman–Crippen LogP) is 0.844. The van der Waals surface area contributed by atoms with E-state index in [1.54, 1.807) is 6.20 Å². The Morgan fingerprint density at radius 3 is 3.11 bits per heavy atom. The van der Waals surface area contributed by atoms with E-state index in [4.69, 9.17) is 10.3 Å². The largest absolute Gasteiger partial charge is 0.368 e. The summed E-state index contributed by atoms with van der Waals surface area (Å²) in [5, 5.41) is 14.5. The Bertz CT molecular complexity index is 686. The number of aromatic amines is 1. The van der Waals surface area contributed by atoms with E-state index >= 15 is 0 Å². The lowest BCUT2D eigenvalue weighted by molar-refractivity contribution is 0.391. The SMILES string of the molecule is Cc1cc(CNc2nc(N)nc3[nH]ncc23)no1. The fourth-order valence-electron chi connectivity index (χ4n) is 1.66. The fourth-order valence-corrected chi connectivity index (χ4v) is 1.66. The van der Waals surface area contributed by atoms with Crippen molar-refractivity contribution in [3.8, 4) is 0 Å². The zero-order chi connectivity index (χ0) is 12.5. The Kier molecular flexibility index (Phi) is 2.33. The normalized spacial score (nSPS) is 10.9. The molecular weight excluding hydrogens is 234 g/mol. The molecule has 0 aliphatic rings. The third-order valence-electron chi connectivity index (χ3n) is 2.44. The van der Waals surface area contributed by atoms with Gasteiger partial charge in [0.25, 0.3) is 0 Å². The maximum absolute atomic E-state index is 5.61. The average Bonchev–Trinajstić information content (AvgIpc) is 2.94. The molecule has 0 radical (unpaired) electrons. The number of rotatable bonds is 3. The van der Waals surface area contributed by atoms with Gasteiger partial charge in [-0.3, -0.25) is 5.10 Å². The van der Waals surface area contributed by atoms with Gasteiger partial charge >= 0.3 is 0 Å². The Hall–Kier alpha value is -2.64. The Morgan fingerprint density at radius 2 is 2.33 bits per heavy atom. The van der Waals surface area contributed by atoms with E-state index in [0.717, 1.165) is 16.8 Å². The van der Waals surface area contributed by atoms with Crippen LogP contribution in [0.5, 0.6) is 0 Å². The summed E-state index contributed by atoms with van der Waals surface area (Å²) in [6.45, 7) is 2.33. The molecule has 18 heavy (non-hydrogen) atoms. The van der Waals surface area contributed by atoms with Crippen molar-refractivity contribution in [1.29, 1.82) is 0 Å². The fraction of sp³-hybridized carbons (Fsp3) is 0.200. The minimum absolute atomic E-state index is 0.186. The molecule has 3 heterocycles. The van der Waals surface area contributed by atoms with E-state index in [2.05, 4.69) is 30.6 Å². The maximum atomic E-state index is 5.61. The molecule has 4 N–H and O–H groups in total. The zero-order valence-corrected chi connectivity index (χ0v) is 9.64. The van der Waals surface area contributed by atoms with Gasteiger partial charge in [-0.1, -0.05) is 5.16 Å².